The minimum atomic E-state index is -0.111. The molecule has 1 amide bonds. The number of amides is 1. The first-order valence-electron chi connectivity index (χ1n) is 3.32. The zero-order valence-corrected chi connectivity index (χ0v) is 5.21. The van der Waals surface area contributed by atoms with Gasteiger partial charge in [-0.1, -0.05) is 0 Å². The number of hydrogen-bond acceptors (Lipinski definition) is 2. The highest BCUT2D eigenvalue weighted by molar-refractivity contribution is 5.78. The van der Waals surface area contributed by atoms with E-state index in [1.165, 1.54) is 0 Å². The van der Waals surface area contributed by atoms with Crippen LogP contribution in [0.5, 0.6) is 0 Å². The lowest BCUT2D eigenvalue weighted by Gasteiger charge is -2.01. The molecular weight excluding hydrogens is 116 g/mol. The molecule has 3 atom stereocenters. The molecule has 2 rings (SSSR count). The average Bonchev–Trinajstić information content (AvgIpc) is 2.43. The fraction of sp³-hybridized carbons (Fsp3) is 0.833. The van der Waals surface area contributed by atoms with E-state index in [-0.39, 0.29) is 11.8 Å². The van der Waals surface area contributed by atoms with Crippen LogP contribution in [0.3, 0.4) is 0 Å². The Balaban J connectivity index is 2.06. The molecule has 0 radical (unpaired) electrons. The number of carbonyl (C=O) groups excluding carboxylic acids is 1. The third-order valence-corrected chi connectivity index (χ3v) is 2.31. The summed E-state index contributed by atoms with van der Waals surface area (Å²) in [4.78, 5) is 12.9. The molecule has 2 aliphatic rings. The van der Waals surface area contributed by atoms with Gasteiger partial charge in [0.05, 0.1) is 5.92 Å². The predicted octanol–water partition coefficient (Wildman–Crippen LogP) is -0.824. The van der Waals surface area contributed by atoms with Crippen molar-refractivity contribution in [2.75, 3.05) is 13.1 Å². The highest BCUT2D eigenvalue weighted by Gasteiger charge is 2.48. The fourth-order valence-corrected chi connectivity index (χ4v) is 1.66. The molecule has 0 aromatic carbocycles. The van der Waals surface area contributed by atoms with E-state index in [2.05, 4.69) is 4.90 Å². The van der Waals surface area contributed by atoms with Gasteiger partial charge in [0, 0.05) is 12.6 Å². The Morgan fingerprint density at radius 2 is 2.44 bits per heavy atom. The molecule has 2 N–H and O–H groups in total. The summed E-state index contributed by atoms with van der Waals surface area (Å²) in [6, 6.07) is 0.530. The van der Waals surface area contributed by atoms with Gasteiger partial charge in [0.25, 0.3) is 0 Å². The van der Waals surface area contributed by atoms with Gasteiger partial charge in [-0.2, -0.15) is 0 Å². The fourth-order valence-electron chi connectivity index (χ4n) is 1.66. The van der Waals surface area contributed by atoms with Gasteiger partial charge >= 0.3 is 0 Å². The number of fused-ring (bicyclic) bond motifs is 1. The van der Waals surface area contributed by atoms with Crippen LogP contribution < -0.4 is 5.73 Å². The Bertz CT molecular complexity index is 157. The van der Waals surface area contributed by atoms with Gasteiger partial charge in [0.2, 0.25) is 5.91 Å². The number of piperidine rings is 1. The maximum absolute atomic E-state index is 10.6. The number of rotatable bonds is 1. The first kappa shape index (κ1) is 5.23. The maximum atomic E-state index is 10.6. The molecule has 50 valence electrons. The van der Waals surface area contributed by atoms with Crippen LogP contribution in [0.2, 0.25) is 0 Å². The van der Waals surface area contributed by atoms with Crippen molar-refractivity contribution in [2.24, 2.45) is 11.7 Å². The average molecular weight is 126 g/mol. The summed E-state index contributed by atoms with van der Waals surface area (Å²) in [6.07, 6.45) is 0.986. The molecule has 2 heterocycles. The monoisotopic (exact) mass is 126 g/mol. The molecule has 0 aromatic rings. The van der Waals surface area contributed by atoms with Crippen LogP contribution in [-0.4, -0.2) is 29.9 Å². The van der Waals surface area contributed by atoms with Gasteiger partial charge in [-0.25, -0.2) is 0 Å². The Morgan fingerprint density at radius 3 is 2.67 bits per heavy atom. The SMILES string of the molecule is NC(=O)C1CCN2CC12. The summed E-state index contributed by atoms with van der Waals surface area (Å²) in [7, 11) is 0. The first-order chi connectivity index (χ1) is 4.29. The lowest BCUT2D eigenvalue weighted by molar-refractivity contribution is -0.121. The van der Waals surface area contributed by atoms with E-state index >= 15 is 0 Å². The van der Waals surface area contributed by atoms with Crippen molar-refractivity contribution in [3.05, 3.63) is 0 Å². The van der Waals surface area contributed by atoms with Crippen LogP contribution >= 0.6 is 0 Å². The summed E-state index contributed by atoms with van der Waals surface area (Å²) in [6.45, 7) is 2.19. The van der Waals surface area contributed by atoms with E-state index in [0.29, 0.717) is 6.04 Å². The first-order valence-corrected chi connectivity index (χ1v) is 3.32. The standard InChI is InChI=1S/C6H10N2O/c7-6(9)4-1-2-8-3-5(4)8/h4-5H,1-3H2,(H2,7,9). The highest BCUT2D eigenvalue weighted by Crippen LogP contribution is 2.34. The molecule has 2 saturated heterocycles. The number of hydrogen-bond donors (Lipinski definition) is 1. The van der Waals surface area contributed by atoms with Gasteiger partial charge in [0.1, 0.15) is 0 Å². The molecule has 2 fully saturated rings. The van der Waals surface area contributed by atoms with Gasteiger partial charge < -0.3 is 5.73 Å². The lowest BCUT2D eigenvalue weighted by atomic mass is 10.0. The van der Waals surface area contributed by atoms with Crippen molar-refractivity contribution in [1.29, 1.82) is 0 Å². The van der Waals surface area contributed by atoms with Crippen LogP contribution in [0.25, 0.3) is 0 Å². The summed E-state index contributed by atoms with van der Waals surface area (Å²) in [5.41, 5.74) is 5.15. The zero-order chi connectivity index (χ0) is 6.43. The Hall–Kier alpha value is -0.570. The van der Waals surface area contributed by atoms with Gasteiger partial charge in [0.15, 0.2) is 0 Å². The minimum Gasteiger partial charge on any atom is -0.369 e. The van der Waals surface area contributed by atoms with Crippen LogP contribution in [0.1, 0.15) is 6.42 Å². The summed E-state index contributed by atoms with van der Waals surface area (Å²) < 4.78 is 0. The Labute approximate surface area is 53.8 Å². The molecule has 0 aromatic heterocycles. The van der Waals surface area contributed by atoms with Crippen LogP contribution in [0.4, 0.5) is 0 Å². The zero-order valence-electron chi connectivity index (χ0n) is 5.21. The van der Waals surface area contributed by atoms with Crippen molar-refractivity contribution in [2.45, 2.75) is 12.5 Å². The van der Waals surface area contributed by atoms with Crippen molar-refractivity contribution >= 4 is 5.91 Å². The third-order valence-electron chi connectivity index (χ3n) is 2.31. The van der Waals surface area contributed by atoms with Crippen molar-refractivity contribution in [3.8, 4) is 0 Å². The summed E-state index contributed by atoms with van der Waals surface area (Å²) in [5, 5.41) is 0. The number of nitrogens with two attached hydrogens (primary N) is 1. The van der Waals surface area contributed by atoms with E-state index in [4.69, 9.17) is 5.73 Å². The quantitative estimate of drug-likeness (QED) is 0.466. The van der Waals surface area contributed by atoms with E-state index in [1.54, 1.807) is 0 Å². The molecule has 0 bridgehead atoms. The van der Waals surface area contributed by atoms with Crippen molar-refractivity contribution < 1.29 is 4.79 Å². The van der Waals surface area contributed by atoms with E-state index in [0.717, 1.165) is 19.5 Å². The predicted molar refractivity (Wildman–Crippen MR) is 32.7 cm³/mol. The lowest BCUT2D eigenvalue weighted by Crippen LogP contribution is -2.25. The van der Waals surface area contributed by atoms with Crippen LogP contribution in [0.15, 0.2) is 0 Å². The third kappa shape index (κ3) is 0.645. The van der Waals surface area contributed by atoms with E-state index in [1.807, 2.05) is 0 Å². The van der Waals surface area contributed by atoms with E-state index in [9.17, 15) is 4.79 Å². The molecule has 2 aliphatic heterocycles. The number of carbonyl (C=O) groups is 1. The number of primary amides is 1. The van der Waals surface area contributed by atoms with Crippen molar-refractivity contribution in [1.82, 2.24) is 4.90 Å². The second kappa shape index (κ2) is 1.48. The highest BCUT2D eigenvalue weighted by atomic mass is 16.1. The topological polar surface area (TPSA) is 46.1 Å². The largest absolute Gasteiger partial charge is 0.369 e. The van der Waals surface area contributed by atoms with Crippen LogP contribution in [0, 0.1) is 5.92 Å². The Morgan fingerprint density at radius 1 is 1.67 bits per heavy atom. The molecular formula is C6H10N2O. The molecule has 3 unspecified atom stereocenters. The van der Waals surface area contributed by atoms with Gasteiger partial charge in [-0.3, -0.25) is 9.69 Å². The maximum Gasteiger partial charge on any atom is 0.222 e. The molecule has 0 saturated carbocycles. The summed E-state index contributed by atoms with van der Waals surface area (Å²) >= 11 is 0. The Kier molecular flexibility index (Phi) is 0.858. The minimum absolute atomic E-state index is 0.111. The molecule has 9 heavy (non-hydrogen) atoms. The second-order valence-corrected chi connectivity index (χ2v) is 2.86. The number of nitrogens with zero attached hydrogens (tertiary/aromatic N) is 1. The smallest absolute Gasteiger partial charge is 0.222 e. The summed E-state index contributed by atoms with van der Waals surface area (Å²) in [5.74, 6) is 0.0602. The molecule has 3 heteroatoms. The van der Waals surface area contributed by atoms with Crippen molar-refractivity contribution in [3.63, 3.8) is 0 Å². The van der Waals surface area contributed by atoms with Gasteiger partial charge in [-0.15, -0.1) is 0 Å². The van der Waals surface area contributed by atoms with E-state index < -0.39 is 0 Å². The molecule has 0 spiro atoms. The van der Waals surface area contributed by atoms with Crippen LogP contribution in [-0.2, 0) is 4.79 Å². The molecule has 0 aliphatic carbocycles. The normalized spacial score (nSPS) is 46.4. The second-order valence-electron chi connectivity index (χ2n) is 2.86. The van der Waals surface area contributed by atoms with Gasteiger partial charge in [-0.05, 0) is 13.0 Å². The molecule has 3 nitrogen and oxygen atoms in total.